The number of allylic oxidation sites excluding steroid dienone is 1. The molecule has 1 aromatic heterocycles. The van der Waals surface area contributed by atoms with Crippen molar-refractivity contribution in [3.63, 3.8) is 0 Å². The lowest BCUT2D eigenvalue weighted by atomic mass is 10.4. The van der Waals surface area contributed by atoms with Crippen LogP contribution in [0.4, 0.5) is 15.0 Å². The fourth-order valence-electron chi connectivity index (χ4n) is 2.14. The molecule has 12 nitrogen and oxygen atoms in total. The summed E-state index contributed by atoms with van der Waals surface area (Å²) in [6.07, 6.45) is 2.53. The van der Waals surface area contributed by atoms with Gasteiger partial charge in [-0.2, -0.15) is 4.98 Å². The van der Waals surface area contributed by atoms with Gasteiger partial charge in [-0.25, -0.2) is 14.0 Å². The van der Waals surface area contributed by atoms with E-state index in [4.69, 9.17) is 38.3 Å². The third kappa shape index (κ3) is 12.1. The van der Waals surface area contributed by atoms with Crippen LogP contribution in [0.15, 0.2) is 35.5 Å². The maximum absolute atomic E-state index is 13.6. The van der Waals surface area contributed by atoms with Gasteiger partial charge in [0.1, 0.15) is 6.10 Å². The lowest BCUT2D eigenvalue weighted by Gasteiger charge is -2.20. The maximum atomic E-state index is 13.6. The first kappa shape index (κ1) is 30.5. The summed E-state index contributed by atoms with van der Waals surface area (Å²) in [5.74, 6) is -0.930. The second-order valence-corrected chi connectivity index (χ2v) is 8.46. The summed E-state index contributed by atoms with van der Waals surface area (Å²) >= 11 is 0. The third-order valence-electron chi connectivity index (χ3n) is 3.49. The Hall–Kier alpha value is -2.57. The quantitative estimate of drug-likeness (QED) is 0.139. The molecule has 0 spiro atoms. The smallest absolute Gasteiger partial charge is 0.472 e. The van der Waals surface area contributed by atoms with Crippen LogP contribution in [-0.4, -0.2) is 48.1 Å². The summed E-state index contributed by atoms with van der Waals surface area (Å²) in [6.45, 7) is 12.0. The highest BCUT2D eigenvalue weighted by Gasteiger charge is 2.25. The van der Waals surface area contributed by atoms with Crippen molar-refractivity contribution in [2.45, 2.75) is 59.5 Å². The number of nitrogen functional groups attached to an aromatic ring is 1. The average Bonchev–Trinajstić information content (AvgIpc) is 3.22. The molecule has 1 aliphatic heterocycles. The van der Waals surface area contributed by atoms with Gasteiger partial charge in [0.15, 0.2) is 24.7 Å². The minimum atomic E-state index is -2.01. The topological polar surface area (TPSA) is 143 Å². The van der Waals surface area contributed by atoms with Crippen molar-refractivity contribution >= 4 is 20.6 Å². The van der Waals surface area contributed by atoms with Crippen LogP contribution >= 0.6 is 8.60 Å². The van der Waals surface area contributed by atoms with Crippen molar-refractivity contribution in [2.75, 3.05) is 25.9 Å². The molecular formula is C21H33FN3O9P. The molecule has 1 aliphatic rings. The normalized spacial score (nSPS) is 17.5. The molecule has 0 fully saturated rings. The van der Waals surface area contributed by atoms with E-state index in [9.17, 15) is 14.0 Å². The molecule has 0 aliphatic carbocycles. The van der Waals surface area contributed by atoms with Crippen LogP contribution < -0.4 is 11.4 Å². The number of nitrogens with two attached hydrogens (primary N) is 1. The molecule has 3 unspecified atom stereocenters. The summed E-state index contributed by atoms with van der Waals surface area (Å²) in [6, 6.07) is 0. The van der Waals surface area contributed by atoms with E-state index in [2.05, 4.69) is 25.4 Å². The SMILES string of the molecule is C=C(C)OCOP(OCOC(=O)OC(C)C)OCC1C=CC(n2cc(F)c(N)nc2=O)O1.CCC. The molecule has 2 rings (SSSR count). The van der Waals surface area contributed by atoms with Gasteiger partial charge < -0.3 is 29.2 Å². The lowest BCUT2D eigenvalue weighted by molar-refractivity contribution is -0.0372. The molecule has 3 atom stereocenters. The van der Waals surface area contributed by atoms with E-state index >= 15 is 0 Å². The fourth-order valence-corrected chi connectivity index (χ4v) is 2.91. The molecular weight excluding hydrogens is 488 g/mol. The van der Waals surface area contributed by atoms with Crippen LogP contribution in [-0.2, 0) is 32.5 Å². The van der Waals surface area contributed by atoms with Crippen molar-refractivity contribution in [3.05, 3.63) is 47.0 Å². The highest BCUT2D eigenvalue weighted by atomic mass is 31.2. The van der Waals surface area contributed by atoms with Gasteiger partial charge in [-0.05, 0) is 26.8 Å². The van der Waals surface area contributed by atoms with E-state index in [1.807, 2.05) is 0 Å². The summed E-state index contributed by atoms with van der Waals surface area (Å²) in [5, 5.41) is 0. The monoisotopic (exact) mass is 521 g/mol. The standard InChI is InChI=1S/C18H25FN3O9P.C3H8/c1-11(2)25-9-28-32(29-10-26-18(24)30-12(3)4)27-8-13-5-6-15(31-13)22-7-14(19)16(20)21-17(22)23;1-3-2/h5-7,12-13,15H,1,8-10H2,2-4H3,(H2,20,21,23);3H2,1-2H3. The molecule has 14 heteroatoms. The van der Waals surface area contributed by atoms with Gasteiger partial charge in [-0.1, -0.05) is 32.9 Å². The molecule has 0 saturated heterocycles. The Morgan fingerprint density at radius 1 is 1.26 bits per heavy atom. The molecule has 1 aromatic rings. The van der Waals surface area contributed by atoms with Crippen LogP contribution in [0.5, 0.6) is 0 Å². The Kier molecular flexibility index (Phi) is 14.1. The van der Waals surface area contributed by atoms with Gasteiger partial charge in [-0.3, -0.25) is 13.6 Å². The second-order valence-electron chi connectivity index (χ2n) is 7.24. The predicted molar refractivity (Wildman–Crippen MR) is 125 cm³/mol. The third-order valence-corrected chi connectivity index (χ3v) is 4.48. The Balaban J connectivity index is 0.00000194. The highest BCUT2D eigenvalue weighted by Crippen LogP contribution is 2.40. The van der Waals surface area contributed by atoms with Crippen molar-refractivity contribution in [1.29, 1.82) is 0 Å². The molecule has 2 N–H and O–H groups in total. The van der Waals surface area contributed by atoms with Crippen LogP contribution in [0.3, 0.4) is 0 Å². The number of carbonyl (C=O) groups excluding carboxylic acids is 1. The van der Waals surface area contributed by atoms with E-state index in [-0.39, 0.29) is 19.5 Å². The number of halogens is 1. The summed E-state index contributed by atoms with van der Waals surface area (Å²) in [5.41, 5.74) is 4.51. The van der Waals surface area contributed by atoms with Gasteiger partial charge in [0.25, 0.3) is 0 Å². The van der Waals surface area contributed by atoms with Gasteiger partial charge in [-0.15, -0.1) is 0 Å². The number of hydrogen-bond acceptors (Lipinski definition) is 11. The van der Waals surface area contributed by atoms with E-state index < -0.39 is 51.2 Å². The van der Waals surface area contributed by atoms with Gasteiger partial charge in [0, 0.05) is 0 Å². The molecule has 0 aromatic carbocycles. The molecule has 0 amide bonds. The van der Waals surface area contributed by atoms with E-state index in [1.54, 1.807) is 26.8 Å². The van der Waals surface area contributed by atoms with E-state index in [1.165, 1.54) is 12.5 Å². The summed E-state index contributed by atoms with van der Waals surface area (Å²) in [7, 11) is -2.01. The number of nitrogens with zero attached hydrogens (tertiary/aromatic N) is 2. The lowest BCUT2D eigenvalue weighted by Crippen LogP contribution is -2.29. The zero-order chi connectivity index (χ0) is 26.4. The van der Waals surface area contributed by atoms with Crippen LogP contribution in [0.25, 0.3) is 0 Å². The predicted octanol–water partition coefficient (Wildman–Crippen LogP) is 4.14. The highest BCUT2D eigenvalue weighted by molar-refractivity contribution is 7.41. The molecule has 35 heavy (non-hydrogen) atoms. The first-order valence-corrected chi connectivity index (χ1v) is 11.8. The Bertz CT molecular complexity index is 897. The Labute approximate surface area is 204 Å². The van der Waals surface area contributed by atoms with E-state index in [0.29, 0.717) is 5.76 Å². The number of ether oxygens (including phenoxy) is 4. The average molecular weight is 521 g/mol. The largest absolute Gasteiger partial charge is 0.510 e. The number of hydrogen-bond donors (Lipinski definition) is 1. The molecule has 0 radical (unpaired) electrons. The van der Waals surface area contributed by atoms with Crippen LogP contribution in [0.2, 0.25) is 0 Å². The fraction of sp³-hybridized carbons (Fsp3) is 0.571. The van der Waals surface area contributed by atoms with Gasteiger partial charge in [0.2, 0.25) is 6.79 Å². The van der Waals surface area contributed by atoms with E-state index in [0.717, 1.165) is 10.8 Å². The first-order valence-electron chi connectivity index (χ1n) is 10.8. The van der Waals surface area contributed by atoms with Crippen molar-refractivity contribution in [1.82, 2.24) is 9.55 Å². The number of carbonyl (C=O) groups is 1. The zero-order valence-corrected chi connectivity index (χ0v) is 21.4. The van der Waals surface area contributed by atoms with Gasteiger partial charge >= 0.3 is 20.4 Å². The molecule has 198 valence electrons. The number of anilines is 1. The Morgan fingerprint density at radius 3 is 2.49 bits per heavy atom. The minimum absolute atomic E-state index is 0.0537. The maximum Gasteiger partial charge on any atom is 0.510 e. The molecule has 0 saturated carbocycles. The second kappa shape index (κ2) is 16.2. The summed E-state index contributed by atoms with van der Waals surface area (Å²) in [4.78, 5) is 26.7. The zero-order valence-electron chi connectivity index (χ0n) is 20.5. The Morgan fingerprint density at radius 2 is 1.89 bits per heavy atom. The first-order chi connectivity index (χ1) is 16.6. The number of aromatic nitrogens is 2. The van der Waals surface area contributed by atoms with Crippen molar-refractivity contribution < 1.29 is 41.7 Å². The van der Waals surface area contributed by atoms with Crippen molar-refractivity contribution in [3.8, 4) is 0 Å². The van der Waals surface area contributed by atoms with Crippen LogP contribution in [0.1, 0.15) is 47.3 Å². The number of rotatable bonds is 12. The molecule has 0 bridgehead atoms. The van der Waals surface area contributed by atoms with Crippen LogP contribution in [0, 0.1) is 5.82 Å². The molecule has 2 heterocycles. The minimum Gasteiger partial charge on any atom is -0.472 e. The summed E-state index contributed by atoms with van der Waals surface area (Å²) < 4.78 is 51.1. The van der Waals surface area contributed by atoms with Crippen molar-refractivity contribution in [2.24, 2.45) is 0 Å². The van der Waals surface area contributed by atoms with Gasteiger partial charge in [0.05, 0.1) is 24.7 Å².